The molecule has 2 N–H and O–H groups in total. The Labute approximate surface area is 110 Å². The number of aliphatic hydroxyl groups is 2. The SMILES string of the molecule is CC(O)CN(CC(O)CN1CCOCC1)C(C)C. The van der Waals surface area contributed by atoms with E-state index in [1.165, 1.54) is 0 Å². The molecule has 0 aromatic carbocycles. The van der Waals surface area contributed by atoms with E-state index in [-0.39, 0.29) is 12.2 Å². The lowest BCUT2D eigenvalue weighted by atomic mass is 10.2. The number of ether oxygens (including phenoxy) is 1. The van der Waals surface area contributed by atoms with Gasteiger partial charge in [-0.1, -0.05) is 0 Å². The molecule has 1 rings (SSSR count). The first-order valence-electron chi connectivity index (χ1n) is 6.89. The van der Waals surface area contributed by atoms with Gasteiger partial charge < -0.3 is 14.9 Å². The fourth-order valence-electron chi connectivity index (χ4n) is 2.25. The zero-order valence-electron chi connectivity index (χ0n) is 11.9. The van der Waals surface area contributed by atoms with E-state index in [4.69, 9.17) is 4.74 Å². The van der Waals surface area contributed by atoms with Gasteiger partial charge in [0.25, 0.3) is 0 Å². The van der Waals surface area contributed by atoms with Crippen LogP contribution in [0.1, 0.15) is 20.8 Å². The largest absolute Gasteiger partial charge is 0.392 e. The third-order valence-corrected chi connectivity index (χ3v) is 3.25. The standard InChI is InChI=1S/C13H28N2O3/c1-11(2)15(8-12(3)16)10-13(17)9-14-4-6-18-7-5-14/h11-13,16-17H,4-10H2,1-3H3. The lowest BCUT2D eigenvalue weighted by Crippen LogP contribution is -2.47. The van der Waals surface area contributed by atoms with Crippen LogP contribution < -0.4 is 0 Å². The quantitative estimate of drug-likeness (QED) is 0.662. The molecule has 0 radical (unpaired) electrons. The maximum absolute atomic E-state index is 10.1. The molecule has 2 atom stereocenters. The second kappa shape index (κ2) is 8.07. The minimum Gasteiger partial charge on any atom is -0.392 e. The normalized spacial score (nSPS) is 21.5. The Morgan fingerprint density at radius 3 is 2.22 bits per heavy atom. The van der Waals surface area contributed by atoms with Crippen LogP contribution in [-0.2, 0) is 4.74 Å². The summed E-state index contributed by atoms with van der Waals surface area (Å²) in [4.78, 5) is 4.35. The van der Waals surface area contributed by atoms with Crippen LogP contribution in [0.25, 0.3) is 0 Å². The van der Waals surface area contributed by atoms with Gasteiger partial charge in [0, 0.05) is 38.8 Å². The van der Waals surface area contributed by atoms with Gasteiger partial charge >= 0.3 is 0 Å². The van der Waals surface area contributed by atoms with Crippen LogP contribution in [-0.4, -0.2) is 84.2 Å². The van der Waals surface area contributed by atoms with Crippen molar-refractivity contribution < 1.29 is 14.9 Å². The van der Waals surface area contributed by atoms with Crippen molar-refractivity contribution in [3.63, 3.8) is 0 Å². The average Bonchev–Trinajstić information content (AvgIpc) is 2.28. The summed E-state index contributed by atoms with van der Waals surface area (Å²) in [6.07, 6.45) is -0.729. The molecule has 0 aliphatic carbocycles. The van der Waals surface area contributed by atoms with Gasteiger partial charge in [-0.2, -0.15) is 0 Å². The van der Waals surface area contributed by atoms with Gasteiger partial charge in [-0.3, -0.25) is 9.80 Å². The maximum Gasteiger partial charge on any atom is 0.0793 e. The van der Waals surface area contributed by atoms with Crippen molar-refractivity contribution in [3.8, 4) is 0 Å². The van der Waals surface area contributed by atoms with Crippen LogP contribution in [0.3, 0.4) is 0 Å². The maximum atomic E-state index is 10.1. The van der Waals surface area contributed by atoms with Gasteiger partial charge in [0.2, 0.25) is 0 Å². The second-order valence-electron chi connectivity index (χ2n) is 5.46. The fraction of sp³-hybridized carbons (Fsp3) is 1.00. The highest BCUT2D eigenvalue weighted by Crippen LogP contribution is 2.05. The average molecular weight is 260 g/mol. The minimum absolute atomic E-state index is 0.332. The predicted molar refractivity (Wildman–Crippen MR) is 71.7 cm³/mol. The van der Waals surface area contributed by atoms with Crippen LogP contribution in [0.15, 0.2) is 0 Å². The van der Waals surface area contributed by atoms with E-state index < -0.39 is 0 Å². The molecule has 0 aromatic rings. The van der Waals surface area contributed by atoms with E-state index in [2.05, 4.69) is 23.6 Å². The highest BCUT2D eigenvalue weighted by Gasteiger charge is 2.19. The van der Waals surface area contributed by atoms with E-state index in [1.807, 2.05) is 0 Å². The van der Waals surface area contributed by atoms with Gasteiger partial charge in [-0.25, -0.2) is 0 Å². The molecular weight excluding hydrogens is 232 g/mol. The van der Waals surface area contributed by atoms with Crippen molar-refractivity contribution in [1.82, 2.24) is 9.80 Å². The number of hydrogen-bond acceptors (Lipinski definition) is 5. The Bertz CT molecular complexity index is 218. The number of nitrogens with zero attached hydrogens (tertiary/aromatic N) is 2. The van der Waals surface area contributed by atoms with Gasteiger partial charge in [-0.05, 0) is 20.8 Å². The number of rotatable bonds is 7. The number of β-amino-alcohol motifs (C(OH)–C–C–N with tert-alkyl or cyclic N) is 1. The van der Waals surface area contributed by atoms with Gasteiger partial charge in [0.15, 0.2) is 0 Å². The van der Waals surface area contributed by atoms with Crippen molar-refractivity contribution in [2.24, 2.45) is 0 Å². The highest BCUT2D eigenvalue weighted by atomic mass is 16.5. The molecule has 1 heterocycles. The summed E-state index contributed by atoms with van der Waals surface area (Å²) < 4.78 is 5.29. The smallest absolute Gasteiger partial charge is 0.0793 e. The number of hydrogen-bond donors (Lipinski definition) is 2. The Kier molecular flexibility index (Phi) is 7.11. The van der Waals surface area contributed by atoms with Crippen LogP contribution in [0, 0.1) is 0 Å². The summed E-state index contributed by atoms with van der Waals surface area (Å²) in [5, 5.41) is 19.6. The molecule has 0 bridgehead atoms. The Hall–Kier alpha value is -0.200. The molecule has 18 heavy (non-hydrogen) atoms. The fourth-order valence-corrected chi connectivity index (χ4v) is 2.25. The summed E-state index contributed by atoms with van der Waals surface area (Å²) in [7, 11) is 0. The molecule has 1 fully saturated rings. The minimum atomic E-state index is -0.371. The van der Waals surface area contributed by atoms with Crippen molar-refractivity contribution in [3.05, 3.63) is 0 Å². The van der Waals surface area contributed by atoms with E-state index in [1.54, 1.807) is 6.92 Å². The molecule has 5 nitrogen and oxygen atoms in total. The zero-order valence-corrected chi connectivity index (χ0v) is 11.9. The molecule has 0 saturated carbocycles. The highest BCUT2D eigenvalue weighted by molar-refractivity contribution is 4.74. The van der Waals surface area contributed by atoms with Crippen LogP contribution in [0.2, 0.25) is 0 Å². The zero-order chi connectivity index (χ0) is 13.5. The van der Waals surface area contributed by atoms with Crippen molar-refractivity contribution in [2.75, 3.05) is 45.9 Å². The van der Waals surface area contributed by atoms with Crippen LogP contribution in [0.5, 0.6) is 0 Å². The first kappa shape index (κ1) is 15.9. The monoisotopic (exact) mass is 260 g/mol. The number of aliphatic hydroxyl groups excluding tert-OH is 2. The summed E-state index contributed by atoms with van der Waals surface area (Å²) in [6, 6.07) is 0.332. The summed E-state index contributed by atoms with van der Waals surface area (Å²) in [5.41, 5.74) is 0. The summed E-state index contributed by atoms with van der Waals surface area (Å²) in [5.74, 6) is 0. The second-order valence-corrected chi connectivity index (χ2v) is 5.46. The van der Waals surface area contributed by atoms with Crippen LogP contribution >= 0.6 is 0 Å². The molecule has 0 spiro atoms. The lowest BCUT2D eigenvalue weighted by Gasteiger charge is -2.33. The van der Waals surface area contributed by atoms with Crippen molar-refractivity contribution >= 4 is 0 Å². The molecular formula is C13H28N2O3. The molecule has 2 unspecified atom stereocenters. The molecule has 5 heteroatoms. The van der Waals surface area contributed by atoms with Gasteiger partial charge in [-0.15, -0.1) is 0 Å². The lowest BCUT2D eigenvalue weighted by molar-refractivity contribution is -0.000266. The molecule has 1 aliphatic heterocycles. The first-order valence-corrected chi connectivity index (χ1v) is 6.89. The predicted octanol–water partition coefficient (Wildman–Crippen LogP) is -0.229. The number of morpholine rings is 1. The molecule has 1 saturated heterocycles. The van der Waals surface area contributed by atoms with Crippen LogP contribution in [0.4, 0.5) is 0 Å². The van der Waals surface area contributed by atoms with Gasteiger partial charge in [0.1, 0.15) is 0 Å². The van der Waals surface area contributed by atoms with Gasteiger partial charge in [0.05, 0.1) is 25.4 Å². The summed E-state index contributed by atoms with van der Waals surface area (Å²) >= 11 is 0. The molecule has 1 aliphatic rings. The summed E-state index contributed by atoms with van der Waals surface area (Å²) in [6.45, 7) is 11.2. The Morgan fingerprint density at radius 2 is 1.72 bits per heavy atom. The van der Waals surface area contributed by atoms with E-state index in [0.29, 0.717) is 25.7 Å². The molecule has 0 aromatic heterocycles. The topological polar surface area (TPSA) is 56.2 Å². The third kappa shape index (κ3) is 6.11. The van der Waals surface area contributed by atoms with E-state index in [9.17, 15) is 10.2 Å². The van der Waals surface area contributed by atoms with Crippen molar-refractivity contribution in [2.45, 2.75) is 39.0 Å². The Balaban J connectivity index is 2.32. The Morgan fingerprint density at radius 1 is 1.11 bits per heavy atom. The van der Waals surface area contributed by atoms with E-state index in [0.717, 1.165) is 26.3 Å². The molecule has 0 amide bonds. The molecule has 108 valence electrons. The third-order valence-electron chi connectivity index (χ3n) is 3.25. The first-order chi connectivity index (χ1) is 8.49. The van der Waals surface area contributed by atoms with E-state index >= 15 is 0 Å². The van der Waals surface area contributed by atoms with Crippen molar-refractivity contribution in [1.29, 1.82) is 0 Å².